The first kappa shape index (κ1) is 22.2. The Morgan fingerprint density at radius 2 is 1.80 bits per heavy atom. The SMILES string of the molecule is Cc1cccc(OCC(=O)NC2CCN(C(=O)CCc3ccc(Cl)cc3)CC2)c1C. The van der Waals surface area contributed by atoms with Crippen molar-refractivity contribution in [2.45, 2.75) is 45.6 Å². The average molecular weight is 429 g/mol. The lowest BCUT2D eigenvalue weighted by Crippen LogP contribution is -2.47. The van der Waals surface area contributed by atoms with E-state index < -0.39 is 0 Å². The Bertz CT molecular complexity index is 875. The lowest BCUT2D eigenvalue weighted by Gasteiger charge is -2.32. The topological polar surface area (TPSA) is 58.6 Å². The van der Waals surface area contributed by atoms with Gasteiger partial charge >= 0.3 is 0 Å². The van der Waals surface area contributed by atoms with Crippen LogP contribution >= 0.6 is 11.6 Å². The molecule has 1 saturated heterocycles. The number of ether oxygens (including phenoxy) is 1. The van der Waals surface area contributed by atoms with E-state index in [1.165, 1.54) is 0 Å². The Balaban J connectivity index is 1.37. The zero-order valence-electron chi connectivity index (χ0n) is 17.6. The molecule has 1 N–H and O–H groups in total. The summed E-state index contributed by atoms with van der Waals surface area (Å²) in [6, 6.07) is 13.5. The molecular weight excluding hydrogens is 400 g/mol. The Labute approximate surface area is 183 Å². The number of hydrogen-bond donors (Lipinski definition) is 1. The summed E-state index contributed by atoms with van der Waals surface area (Å²) < 4.78 is 5.68. The van der Waals surface area contributed by atoms with Crippen LogP contribution in [0.5, 0.6) is 5.75 Å². The van der Waals surface area contributed by atoms with Gasteiger partial charge in [-0.1, -0.05) is 35.9 Å². The van der Waals surface area contributed by atoms with Gasteiger partial charge in [0.05, 0.1) is 0 Å². The predicted molar refractivity (Wildman–Crippen MR) is 119 cm³/mol. The maximum Gasteiger partial charge on any atom is 0.258 e. The second-order valence-electron chi connectivity index (χ2n) is 7.84. The molecule has 3 rings (SSSR count). The van der Waals surface area contributed by atoms with Gasteiger partial charge in [-0.3, -0.25) is 9.59 Å². The fourth-order valence-corrected chi connectivity index (χ4v) is 3.75. The van der Waals surface area contributed by atoms with E-state index in [1.807, 2.05) is 61.2 Å². The molecule has 2 aromatic rings. The minimum absolute atomic E-state index is 0.00449. The summed E-state index contributed by atoms with van der Waals surface area (Å²) in [6.45, 7) is 5.35. The molecule has 0 radical (unpaired) electrons. The average Bonchev–Trinajstić information content (AvgIpc) is 2.74. The third-order valence-corrected chi connectivity index (χ3v) is 5.92. The summed E-state index contributed by atoms with van der Waals surface area (Å²) in [7, 11) is 0. The van der Waals surface area contributed by atoms with E-state index in [0.29, 0.717) is 31.0 Å². The van der Waals surface area contributed by atoms with Gasteiger partial charge in [0.25, 0.3) is 5.91 Å². The molecule has 1 aliphatic rings. The van der Waals surface area contributed by atoms with Crippen LogP contribution in [0.2, 0.25) is 5.02 Å². The summed E-state index contributed by atoms with van der Waals surface area (Å²) in [4.78, 5) is 26.6. The molecule has 2 amide bonds. The minimum Gasteiger partial charge on any atom is -0.483 e. The van der Waals surface area contributed by atoms with Crippen LogP contribution in [0.4, 0.5) is 0 Å². The van der Waals surface area contributed by atoms with Crippen LogP contribution in [0, 0.1) is 13.8 Å². The van der Waals surface area contributed by atoms with E-state index in [9.17, 15) is 9.59 Å². The molecular formula is C24H29ClN2O3. The molecule has 5 nitrogen and oxygen atoms in total. The van der Waals surface area contributed by atoms with Gasteiger partial charge in [0.1, 0.15) is 5.75 Å². The van der Waals surface area contributed by atoms with Crippen LogP contribution in [0.3, 0.4) is 0 Å². The number of nitrogens with zero attached hydrogens (tertiary/aromatic N) is 1. The van der Waals surface area contributed by atoms with Crippen molar-refractivity contribution in [2.75, 3.05) is 19.7 Å². The quantitative estimate of drug-likeness (QED) is 0.723. The van der Waals surface area contributed by atoms with Crippen LogP contribution in [-0.2, 0) is 16.0 Å². The van der Waals surface area contributed by atoms with Crippen LogP contribution in [-0.4, -0.2) is 42.5 Å². The molecule has 0 bridgehead atoms. The molecule has 0 aliphatic carbocycles. The molecule has 0 spiro atoms. The number of piperidine rings is 1. The molecule has 0 saturated carbocycles. The van der Waals surface area contributed by atoms with Crippen molar-refractivity contribution in [3.05, 3.63) is 64.2 Å². The Morgan fingerprint density at radius 3 is 2.50 bits per heavy atom. The second kappa shape index (κ2) is 10.5. The number of carbonyl (C=O) groups excluding carboxylic acids is 2. The van der Waals surface area contributed by atoms with Crippen molar-refractivity contribution in [2.24, 2.45) is 0 Å². The van der Waals surface area contributed by atoms with Crippen molar-refractivity contribution >= 4 is 23.4 Å². The third-order valence-electron chi connectivity index (χ3n) is 5.67. The fourth-order valence-electron chi connectivity index (χ4n) is 3.63. The van der Waals surface area contributed by atoms with Crippen LogP contribution < -0.4 is 10.1 Å². The van der Waals surface area contributed by atoms with Crippen molar-refractivity contribution < 1.29 is 14.3 Å². The molecule has 160 valence electrons. The lowest BCUT2D eigenvalue weighted by molar-refractivity contribution is -0.132. The highest BCUT2D eigenvalue weighted by Crippen LogP contribution is 2.20. The van der Waals surface area contributed by atoms with Gasteiger partial charge in [-0.15, -0.1) is 0 Å². The number of carbonyl (C=O) groups is 2. The standard InChI is InChI=1S/C24H29ClN2O3/c1-17-4-3-5-22(18(17)2)30-16-23(28)26-21-12-14-27(15-13-21)24(29)11-8-19-6-9-20(25)10-7-19/h3-7,9-10,21H,8,11-16H2,1-2H3,(H,26,28). The number of nitrogens with one attached hydrogen (secondary N) is 1. The van der Waals surface area contributed by atoms with E-state index in [4.69, 9.17) is 16.3 Å². The number of halogens is 1. The highest BCUT2D eigenvalue weighted by atomic mass is 35.5. The van der Waals surface area contributed by atoms with E-state index >= 15 is 0 Å². The first-order valence-electron chi connectivity index (χ1n) is 10.4. The molecule has 2 aromatic carbocycles. The molecule has 6 heteroatoms. The molecule has 30 heavy (non-hydrogen) atoms. The number of hydrogen-bond acceptors (Lipinski definition) is 3. The first-order valence-corrected chi connectivity index (χ1v) is 10.8. The van der Waals surface area contributed by atoms with Gasteiger partial charge in [-0.25, -0.2) is 0 Å². The molecule has 0 atom stereocenters. The number of aryl methyl sites for hydroxylation is 2. The lowest BCUT2D eigenvalue weighted by atomic mass is 10.0. The summed E-state index contributed by atoms with van der Waals surface area (Å²) >= 11 is 5.90. The van der Waals surface area contributed by atoms with Gasteiger partial charge in [0, 0.05) is 30.6 Å². The third kappa shape index (κ3) is 6.23. The Kier molecular flexibility index (Phi) is 7.75. The van der Waals surface area contributed by atoms with Gasteiger partial charge in [-0.05, 0) is 68.0 Å². The summed E-state index contributed by atoms with van der Waals surface area (Å²) in [5.41, 5.74) is 3.30. The minimum atomic E-state index is -0.122. The first-order chi connectivity index (χ1) is 14.4. The van der Waals surface area contributed by atoms with Gasteiger partial charge in [0.2, 0.25) is 5.91 Å². The van der Waals surface area contributed by atoms with Crippen molar-refractivity contribution in [3.8, 4) is 5.75 Å². The number of amides is 2. The Morgan fingerprint density at radius 1 is 1.10 bits per heavy atom. The molecule has 0 aromatic heterocycles. The normalized spacial score (nSPS) is 14.4. The van der Waals surface area contributed by atoms with E-state index in [1.54, 1.807) is 0 Å². The zero-order chi connectivity index (χ0) is 21.5. The molecule has 1 fully saturated rings. The Hall–Kier alpha value is -2.53. The molecule has 1 heterocycles. The van der Waals surface area contributed by atoms with Crippen molar-refractivity contribution in [3.63, 3.8) is 0 Å². The summed E-state index contributed by atoms with van der Waals surface area (Å²) in [5, 5.41) is 3.73. The number of rotatable bonds is 7. The van der Waals surface area contributed by atoms with Crippen molar-refractivity contribution in [1.29, 1.82) is 0 Å². The highest BCUT2D eigenvalue weighted by Gasteiger charge is 2.23. The van der Waals surface area contributed by atoms with E-state index in [2.05, 4.69) is 5.32 Å². The maximum atomic E-state index is 12.5. The van der Waals surface area contributed by atoms with Crippen LogP contribution in [0.25, 0.3) is 0 Å². The maximum absolute atomic E-state index is 12.5. The van der Waals surface area contributed by atoms with Crippen LogP contribution in [0.15, 0.2) is 42.5 Å². The smallest absolute Gasteiger partial charge is 0.258 e. The van der Waals surface area contributed by atoms with Crippen molar-refractivity contribution in [1.82, 2.24) is 10.2 Å². The summed E-state index contributed by atoms with van der Waals surface area (Å²) in [5.74, 6) is 0.780. The zero-order valence-corrected chi connectivity index (χ0v) is 18.4. The highest BCUT2D eigenvalue weighted by molar-refractivity contribution is 6.30. The molecule has 0 unspecified atom stereocenters. The van der Waals surface area contributed by atoms with E-state index in [0.717, 1.165) is 35.3 Å². The van der Waals surface area contributed by atoms with E-state index in [-0.39, 0.29) is 24.5 Å². The van der Waals surface area contributed by atoms with Crippen LogP contribution in [0.1, 0.15) is 36.0 Å². The largest absolute Gasteiger partial charge is 0.483 e. The summed E-state index contributed by atoms with van der Waals surface area (Å²) in [6.07, 6.45) is 2.73. The molecule has 1 aliphatic heterocycles. The predicted octanol–water partition coefficient (Wildman–Crippen LogP) is 4.08. The van der Waals surface area contributed by atoms with Gasteiger partial charge < -0.3 is 15.0 Å². The fraction of sp³-hybridized carbons (Fsp3) is 0.417. The number of benzene rings is 2. The monoisotopic (exact) mass is 428 g/mol. The second-order valence-corrected chi connectivity index (χ2v) is 8.27. The van der Waals surface area contributed by atoms with Gasteiger partial charge in [-0.2, -0.15) is 0 Å². The van der Waals surface area contributed by atoms with Gasteiger partial charge in [0.15, 0.2) is 6.61 Å². The number of likely N-dealkylation sites (tertiary alicyclic amines) is 1.